The number of benzene rings is 1. The van der Waals surface area contributed by atoms with Crippen LogP contribution in [0.1, 0.15) is 17.3 Å². The minimum absolute atomic E-state index is 0.0977. The van der Waals surface area contributed by atoms with Crippen LogP contribution in [0.2, 0.25) is 0 Å². The predicted molar refractivity (Wildman–Crippen MR) is 76.1 cm³/mol. The number of carbonyl (C=O) groups excluding carboxylic acids is 2. The first kappa shape index (κ1) is 14.8. The van der Waals surface area contributed by atoms with Gasteiger partial charge in [0.1, 0.15) is 17.7 Å². The van der Waals surface area contributed by atoms with Gasteiger partial charge in [-0.3, -0.25) is 9.59 Å². The van der Waals surface area contributed by atoms with Gasteiger partial charge in [0.05, 0.1) is 7.11 Å². The molecule has 0 bridgehead atoms. The van der Waals surface area contributed by atoms with Crippen molar-refractivity contribution in [1.82, 2.24) is 4.90 Å². The molecule has 0 atom stereocenters. The molecule has 0 saturated carbocycles. The fourth-order valence-electron chi connectivity index (χ4n) is 1.93. The third kappa shape index (κ3) is 3.10. The Kier molecular flexibility index (Phi) is 4.37. The number of rotatable bonds is 4. The highest BCUT2D eigenvalue weighted by Gasteiger charge is 2.21. The Bertz CT molecular complexity index is 734. The van der Waals surface area contributed by atoms with Gasteiger partial charge in [-0.25, -0.2) is 4.79 Å². The molecule has 0 aliphatic carbocycles. The Morgan fingerprint density at radius 2 is 2.00 bits per heavy atom. The number of para-hydroxylation sites is 1. The van der Waals surface area contributed by atoms with Gasteiger partial charge in [-0.15, -0.1) is 0 Å². The maximum atomic E-state index is 12.3. The van der Waals surface area contributed by atoms with Crippen LogP contribution in [0, 0.1) is 0 Å². The fraction of sp³-hybridized carbons (Fsp3) is 0.267. The highest BCUT2D eigenvalue weighted by molar-refractivity contribution is 5.98. The molecule has 0 fully saturated rings. The first-order valence-electron chi connectivity index (χ1n) is 6.45. The number of nitrogens with zero attached hydrogens (tertiary/aromatic N) is 1. The molecule has 1 amide bonds. The number of carbonyl (C=O) groups is 2. The van der Waals surface area contributed by atoms with Crippen molar-refractivity contribution in [3.8, 4) is 0 Å². The summed E-state index contributed by atoms with van der Waals surface area (Å²) in [5.74, 6) is -1.10. The summed E-state index contributed by atoms with van der Waals surface area (Å²) < 4.78 is 9.66. The molecule has 6 heteroatoms. The van der Waals surface area contributed by atoms with Crippen molar-refractivity contribution in [2.24, 2.45) is 0 Å². The van der Waals surface area contributed by atoms with Gasteiger partial charge in [0.25, 0.3) is 5.91 Å². The lowest BCUT2D eigenvalue weighted by atomic mass is 10.1. The van der Waals surface area contributed by atoms with Crippen LogP contribution < -0.4 is 5.63 Å². The summed E-state index contributed by atoms with van der Waals surface area (Å²) in [6, 6.07) is 8.39. The monoisotopic (exact) mass is 289 g/mol. The van der Waals surface area contributed by atoms with Gasteiger partial charge < -0.3 is 14.1 Å². The van der Waals surface area contributed by atoms with Crippen molar-refractivity contribution in [1.29, 1.82) is 0 Å². The van der Waals surface area contributed by atoms with Gasteiger partial charge in [-0.05, 0) is 19.1 Å². The zero-order valence-corrected chi connectivity index (χ0v) is 11.8. The van der Waals surface area contributed by atoms with Gasteiger partial charge in [0.2, 0.25) is 0 Å². The highest BCUT2D eigenvalue weighted by atomic mass is 16.5. The average Bonchev–Trinajstić information content (AvgIpc) is 2.50. The van der Waals surface area contributed by atoms with Crippen molar-refractivity contribution in [3.05, 3.63) is 46.3 Å². The van der Waals surface area contributed by atoms with Crippen LogP contribution in [0.15, 0.2) is 39.5 Å². The first-order chi connectivity index (χ1) is 10.1. The second-order valence-corrected chi connectivity index (χ2v) is 4.38. The number of amides is 1. The molecular formula is C15H15NO5. The Hall–Kier alpha value is -2.63. The molecule has 0 unspecified atom stereocenters. The summed E-state index contributed by atoms with van der Waals surface area (Å²) >= 11 is 0. The second kappa shape index (κ2) is 6.21. The molecule has 21 heavy (non-hydrogen) atoms. The van der Waals surface area contributed by atoms with Crippen molar-refractivity contribution in [3.63, 3.8) is 0 Å². The zero-order valence-electron chi connectivity index (χ0n) is 11.8. The van der Waals surface area contributed by atoms with Crippen LogP contribution in [0.4, 0.5) is 0 Å². The molecule has 0 aliphatic rings. The van der Waals surface area contributed by atoms with Gasteiger partial charge in [-0.1, -0.05) is 18.2 Å². The topological polar surface area (TPSA) is 76.8 Å². The molecule has 0 aliphatic heterocycles. The largest absolute Gasteiger partial charge is 0.468 e. The first-order valence-corrected chi connectivity index (χ1v) is 6.45. The Morgan fingerprint density at radius 1 is 1.29 bits per heavy atom. The van der Waals surface area contributed by atoms with E-state index in [0.29, 0.717) is 11.0 Å². The molecule has 0 N–H and O–H groups in total. The molecule has 0 spiro atoms. The fourth-order valence-corrected chi connectivity index (χ4v) is 1.93. The van der Waals surface area contributed by atoms with Gasteiger partial charge in [0.15, 0.2) is 0 Å². The standard InChI is InChI=1S/C15H15NO5/c1-3-16(9-13(17)20-2)14(18)11-8-10-6-4-5-7-12(10)21-15(11)19/h4-8H,3,9H2,1-2H3. The molecule has 1 aromatic carbocycles. The van der Waals surface area contributed by atoms with E-state index in [2.05, 4.69) is 4.74 Å². The van der Waals surface area contributed by atoms with E-state index in [1.165, 1.54) is 18.1 Å². The molecular weight excluding hydrogens is 274 g/mol. The number of methoxy groups -OCH3 is 1. The van der Waals surface area contributed by atoms with Gasteiger partial charge in [-0.2, -0.15) is 0 Å². The van der Waals surface area contributed by atoms with Crippen molar-refractivity contribution < 1.29 is 18.7 Å². The van der Waals surface area contributed by atoms with Crippen LogP contribution in [0.25, 0.3) is 11.0 Å². The highest BCUT2D eigenvalue weighted by Crippen LogP contribution is 2.13. The number of likely N-dealkylation sites (N-methyl/N-ethyl adjacent to an activating group) is 1. The van der Waals surface area contributed by atoms with Crippen LogP contribution in [0.3, 0.4) is 0 Å². The molecule has 6 nitrogen and oxygen atoms in total. The molecule has 110 valence electrons. The molecule has 2 aromatic rings. The summed E-state index contributed by atoms with van der Waals surface area (Å²) in [5, 5.41) is 0.648. The van der Waals surface area contributed by atoms with Gasteiger partial charge >= 0.3 is 11.6 Å². The van der Waals surface area contributed by atoms with Crippen LogP contribution in [-0.2, 0) is 9.53 Å². The summed E-state index contributed by atoms with van der Waals surface area (Å²) in [4.78, 5) is 36.8. The van der Waals surface area contributed by atoms with E-state index >= 15 is 0 Å². The van der Waals surface area contributed by atoms with E-state index in [0.717, 1.165) is 0 Å². The van der Waals surface area contributed by atoms with Crippen molar-refractivity contribution in [2.45, 2.75) is 6.92 Å². The lowest BCUT2D eigenvalue weighted by molar-refractivity contribution is -0.141. The second-order valence-electron chi connectivity index (χ2n) is 4.38. The van der Waals surface area contributed by atoms with E-state index in [1.807, 2.05) is 0 Å². The molecule has 1 heterocycles. The predicted octanol–water partition coefficient (Wildman–Crippen LogP) is 1.43. The summed E-state index contributed by atoms with van der Waals surface area (Å²) in [6.07, 6.45) is 0. The maximum Gasteiger partial charge on any atom is 0.349 e. The molecule has 0 saturated heterocycles. The van der Waals surface area contributed by atoms with E-state index < -0.39 is 17.5 Å². The Morgan fingerprint density at radius 3 is 2.67 bits per heavy atom. The zero-order chi connectivity index (χ0) is 15.4. The van der Waals surface area contributed by atoms with Crippen molar-refractivity contribution in [2.75, 3.05) is 20.2 Å². The third-order valence-electron chi connectivity index (χ3n) is 3.09. The lowest BCUT2D eigenvalue weighted by Crippen LogP contribution is -2.38. The van der Waals surface area contributed by atoms with Crippen LogP contribution in [-0.4, -0.2) is 37.0 Å². The minimum atomic E-state index is -0.720. The normalized spacial score (nSPS) is 10.4. The molecule has 2 rings (SSSR count). The maximum absolute atomic E-state index is 12.3. The minimum Gasteiger partial charge on any atom is -0.468 e. The molecule has 0 radical (unpaired) electrons. The summed E-state index contributed by atoms with van der Waals surface area (Å²) in [5.41, 5.74) is -0.406. The number of hydrogen-bond donors (Lipinski definition) is 0. The molecule has 1 aromatic heterocycles. The number of hydrogen-bond acceptors (Lipinski definition) is 5. The number of fused-ring (bicyclic) bond motifs is 1. The van der Waals surface area contributed by atoms with Crippen LogP contribution >= 0.6 is 0 Å². The van der Waals surface area contributed by atoms with Crippen molar-refractivity contribution >= 4 is 22.8 Å². The summed E-state index contributed by atoms with van der Waals surface area (Å²) in [7, 11) is 1.24. The lowest BCUT2D eigenvalue weighted by Gasteiger charge is -2.18. The SMILES string of the molecule is CCN(CC(=O)OC)C(=O)c1cc2ccccc2oc1=O. The Balaban J connectivity index is 2.40. The van der Waals surface area contributed by atoms with E-state index in [4.69, 9.17) is 4.42 Å². The Labute approximate surface area is 120 Å². The van der Waals surface area contributed by atoms with Gasteiger partial charge in [0, 0.05) is 11.9 Å². The third-order valence-corrected chi connectivity index (χ3v) is 3.09. The van der Waals surface area contributed by atoms with Crippen LogP contribution in [0.5, 0.6) is 0 Å². The number of esters is 1. The van der Waals surface area contributed by atoms with E-state index in [1.54, 1.807) is 31.2 Å². The van der Waals surface area contributed by atoms with E-state index in [-0.39, 0.29) is 18.7 Å². The smallest absolute Gasteiger partial charge is 0.349 e. The van der Waals surface area contributed by atoms with E-state index in [9.17, 15) is 14.4 Å². The summed E-state index contributed by atoms with van der Waals surface area (Å²) in [6.45, 7) is 1.78. The quantitative estimate of drug-likeness (QED) is 0.628. The number of ether oxygens (including phenoxy) is 1. The average molecular weight is 289 g/mol.